The number of Topliss-reactive ketones (excluding diaryl/α,β-unsaturated/α-hetero) is 6. The zero-order valence-corrected chi connectivity index (χ0v) is 77.6. The molecule has 0 fully saturated rings. The van der Waals surface area contributed by atoms with E-state index in [4.69, 9.17) is 52.1 Å². The van der Waals surface area contributed by atoms with Gasteiger partial charge in [-0.3, -0.25) is 58.7 Å². The van der Waals surface area contributed by atoms with E-state index in [9.17, 15) is 28.8 Å². The third kappa shape index (κ3) is 27.2. The molecule has 36 heteroatoms. The van der Waals surface area contributed by atoms with Crippen LogP contribution in [0.15, 0.2) is 242 Å². The third-order valence-electron chi connectivity index (χ3n) is 22.0. The van der Waals surface area contributed by atoms with Crippen molar-refractivity contribution in [1.82, 2.24) is 26.6 Å². The molecule has 11 N–H and O–H groups in total. The summed E-state index contributed by atoms with van der Waals surface area (Å²) in [5.41, 5.74) is 18.6. The minimum absolute atomic E-state index is 0. The maximum atomic E-state index is 11.5. The van der Waals surface area contributed by atoms with Gasteiger partial charge in [0.25, 0.3) is 0 Å². The molecule has 6 aromatic rings. The van der Waals surface area contributed by atoms with Crippen LogP contribution in [0.5, 0.6) is 34.5 Å². The summed E-state index contributed by atoms with van der Waals surface area (Å²) in [5.74, 6) is 8.20. The lowest BCUT2D eigenvalue weighted by Crippen LogP contribution is -2.47. The second kappa shape index (κ2) is 48.5. The van der Waals surface area contributed by atoms with Gasteiger partial charge in [-0.15, -0.1) is 23.5 Å². The van der Waals surface area contributed by atoms with Gasteiger partial charge in [-0.1, -0.05) is 7.43 Å². The molecule has 0 saturated heterocycles. The Hall–Kier alpha value is -12.9. The van der Waals surface area contributed by atoms with E-state index in [0.717, 1.165) is 179 Å². The summed E-state index contributed by atoms with van der Waals surface area (Å²) in [5, 5.41) is 36.8. The molecule has 0 bridgehead atoms. The standard InChI is InChI=1S/C16H20N4O2.2C16H19N3O3.C16H19N3O2S.C16H18N2O4.C16H18N2O3S.CH4/c1-10(21)13-9-18-16-14(7-17-8-15(16)20-13)19-11-3-5-12(22-2)6-4-11;1-10(20)15-9-22-16-13(7-17-8-14(16)19-15)18-11-3-5-12(21-2)6-4-11;1-10(20)13-7-17-16-14(8-22-9-15(16)19-13)18-11-3-5-12(21-2)6-4-11;1-10(20)15-9-22-16-13(7-17-8-14(16)19-15)18-11-3-5-12(21-2)6-4-11;1-10(19)13-9-22-16-14(7-21-8-15(16)18-13)17-11-3-5-12(20-2)6-4-11;1-10(19)15-9-22-16-13(7-21-8-14(16)18-15)17-11-3-5-12(20-2)6-4-11;/h3-6,13,17-19H,7-9H2,1-2H3;3-6,15,17-18H,7-9H2,1-2H3;3-6,13,17-18H,7-9H2,1-2H3;3-6,15,17-18H,7-9H2,1-2H3;3-6,13,17H,7-9H2,1-2H3;3-6,15,17H,7-9H2,1-2H3;1H4. The summed E-state index contributed by atoms with van der Waals surface area (Å²) in [4.78, 5) is 98.2. The Labute approximate surface area is 783 Å². The van der Waals surface area contributed by atoms with Gasteiger partial charge in [0.15, 0.2) is 46.2 Å². The third-order valence-corrected chi connectivity index (χ3v) is 24.6. The number of benzene rings is 6. The van der Waals surface area contributed by atoms with E-state index in [0.29, 0.717) is 96.2 Å². The van der Waals surface area contributed by atoms with Crippen LogP contribution in [0.1, 0.15) is 49.0 Å². The number of thioether (sulfide) groups is 2. The fraction of sp³-hybridized carbons (Fsp3) is 0.381. The van der Waals surface area contributed by atoms with Gasteiger partial charge in [0.2, 0.25) is 0 Å². The second-order valence-electron chi connectivity index (χ2n) is 31.6. The average Bonchev–Trinajstić information content (AvgIpc) is 0.829. The molecule has 18 rings (SSSR count). The molecule has 12 aliphatic heterocycles. The predicted octanol–water partition coefficient (Wildman–Crippen LogP) is 10.6. The highest BCUT2D eigenvalue weighted by Crippen LogP contribution is 2.36. The SMILES string of the molecule is C.COc1ccc(NC2=C3NCC(C(C)=O)N=C3CNC2)cc1.COc1ccc(NC2=C3NCC(C(C)=O)N=C3COC2)cc1.COc1ccc(NC2=C3OCC(C(C)=O)N=C3CNC2)cc1.COc1ccc(NC2=C3OCC(C(C)=O)N=C3COC2)cc1.COc1ccc(NC2=C3SCC(C(C)=O)N=C3CNC2)cc1.COc1ccc(NC2=C3SCC(C(C)=O)N=C3COC2)cc1. The smallest absolute Gasteiger partial charge is 0.164 e. The summed E-state index contributed by atoms with van der Waals surface area (Å²) in [6.07, 6.45) is 0. The monoisotopic (exact) mass is 1860 g/mol. The van der Waals surface area contributed by atoms with E-state index in [1.807, 2.05) is 146 Å². The molecule has 6 aromatic carbocycles. The second-order valence-corrected chi connectivity index (χ2v) is 33.6. The highest BCUT2D eigenvalue weighted by molar-refractivity contribution is 8.04. The number of hydrogen-bond acceptors (Lipinski definition) is 36. The van der Waals surface area contributed by atoms with Crippen molar-refractivity contribution in [2.45, 2.75) is 85.2 Å². The van der Waals surface area contributed by atoms with Crippen LogP contribution in [0.4, 0.5) is 34.1 Å². The van der Waals surface area contributed by atoms with Gasteiger partial charge in [-0.05, 0) is 187 Å². The highest BCUT2D eigenvalue weighted by atomic mass is 32.2. The van der Waals surface area contributed by atoms with Crippen LogP contribution in [0.2, 0.25) is 0 Å². The number of nitrogens with one attached hydrogen (secondary N) is 11. The van der Waals surface area contributed by atoms with Crippen LogP contribution in [-0.4, -0.2) is 265 Å². The number of nitrogens with zero attached hydrogens (tertiary/aromatic N) is 6. The lowest BCUT2D eigenvalue weighted by Gasteiger charge is -2.30. The molecule has 0 saturated carbocycles. The number of aliphatic imine (C=N–C) groups is 6. The molecule has 133 heavy (non-hydrogen) atoms. The number of rotatable bonds is 24. The van der Waals surface area contributed by atoms with Crippen LogP contribution >= 0.6 is 23.5 Å². The lowest BCUT2D eigenvalue weighted by molar-refractivity contribution is -0.120. The van der Waals surface area contributed by atoms with Gasteiger partial charge >= 0.3 is 0 Å². The molecule has 6 unspecified atom stereocenters. The first kappa shape index (κ1) is 99.1. The molecule has 34 nitrogen and oxygen atoms in total. The van der Waals surface area contributed by atoms with Crippen LogP contribution in [0.3, 0.4) is 0 Å². The Bertz CT molecular complexity index is 4700. The molecular weight excluding hydrogens is 1740 g/mol. The summed E-state index contributed by atoms with van der Waals surface area (Å²) in [6, 6.07) is 44.4. The number of methoxy groups -OCH3 is 6. The van der Waals surface area contributed by atoms with E-state index < -0.39 is 6.04 Å². The topological polar surface area (TPSA) is 410 Å². The molecular formula is C97H117N17O17S2. The van der Waals surface area contributed by atoms with Crippen molar-refractivity contribution in [3.8, 4) is 34.5 Å². The molecule has 0 amide bonds. The van der Waals surface area contributed by atoms with E-state index in [1.54, 1.807) is 101 Å². The number of fused-ring (bicyclic) bond motifs is 6. The predicted molar refractivity (Wildman–Crippen MR) is 524 cm³/mol. The van der Waals surface area contributed by atoms with Crippen LogP contribution in [0.25, 0.3) is 0 Å². The zero-order valence-electron chi connectivity index (χ0n) is 76.0. The number of carbonyl (C=O) groups is 6. The van der Waals surface area contributed by atoms with Crippen molar-refractivity contribution in [3.63, 3.8) is 0 Å². The molecule has 6 atom stereocenters. The fourth-order valence-electron chi connectivity index (χ4n) is 14.7. The Morgan fingerprint density at radius 1 is 0.301 bits per heavy atom. The van der Waals surface area contributed by atoms with Crippen molar-refractivity contribution >= 4 is 127 Å². The van der Waals surface area contributed by atoms with E-state index in [2.05, 4.69) is 88.4 Å². The van der Waals surface area contributed by atoms with Crippen LogP contribution in [0, 0.1) is 0 Å². The van der Waals surface area contributed by atoms with E-state index in [1.165, 1.54) is 11.8 Å². The van der Waals surface area contributed by atoms with Gasteiger partial charge in [0.05, 0.1) is 161 Å². The molecule has 0 spiro atoms. The van der Waals surface area contributed by atoms with Gasteiger partial charge < -0.3 is 111 Å². The van der Waals surface area contributed by atoms with E-state index in [-0.39, 0.29) is 78.9 Å². The first-order chi connectivity index (χ1) is 64.0. The van der Waals surface area contributed by atoms with E-state index >= 15 is 0 Å². The zero-order chi connectivity index (χ0) is 93.2. The first-order valence-electron chi connectivity index (χ1n) is 43.2. The van der Waals surface area contributed by atoms with Crippen LogP contribution < -0.4 is 86.9 Å². The summed E-state index contributed by atoms with van der Waals surface area (Å²) >= 11 is 3.40. The Balaban J connectivity index is 0.000000144. The largest absolute Gasteiger partial charge is 0.497 e. The average molecular weight is 1860 g/mol. The summed E-state index contributed by atoms with van der Waals surface area (Å²) in [7, 11) is 9.87. The number of anilines is 6. The van der Waals surface area contributed by atoms with Gasteiger partial charge in [0.1, 0.15) is 89.7 Å². The van der Waals surface area contributed by atoms with Crippen molar-refractivity contribution in [2.24, 2.45) is 30.0 Å². The van der Waals surface area contributed by atoms with Crippen molar-refractivity contribution in [3.05, 3.63) is 212 Å². The van der Waals surface area contributed by atoms with Gasteiger partial charge in [0, 0.05) is 104 Å². The summed E-state index contributed by atoms with van der Waals surface area (Å²) in [6.45, 7) is 18.0. The highest BCUT2D eigenvalue weighted by Gasteiger charge is 2.35. The molecule has 12 aliphatic rings. The molecule has 0 aliphatic carbocycles. The number of hydrogen-bond donors (Lipinski definition) is 11. The number of carbonyl (C=O) groups excluding carboxylic acids is 6. The number of ketones is 6. The number of ether oxygens (including phenoxy) is 11. The fourth-order valence-corrected chi connectivity index (χ4v) is 17.1. The maximum absolute atomic E-state index is 11.5. The molecule has 704 valence electrons. The van der Waals surface area contributed by atoms with Crippen LogP contribution in [-0.2, 0) is 52.5 Å². The Morgan fingerprint density at radius 2 is 0.586 bits per heavy atom. The van der Waals surface area contributed by atoms with Gasteiger partial charge in [-0.25, -0.2) is 0 Å². The first-order valence-corrected chi connectivity index (χ1v) is 45.1. The Kier molecular flexibility index (Phi) is 36.1. The molecule has 12 heterocycles. The quantitative estimate of drug-likeness (QED) is 0.0268. The molecule has 0 radical (unpaired) electrons. The minimum Gasteiger partial charge on any atom is -0.497 e. The van der Waals surface area contributed by atoms with Crippen molar-refractivity contribution in [1.29, 1.82) is 0 Å². The van der Waals surface area contributed by atoms with Crippen molar-refractivity contribution in [2.75, 3.05) is 191 Å². The summed E-state index contributed by atoms with van der Waals surface area (Å²) < 4.78 is 59.2. The van der Waals surface area contributed by atoms with Gasteiger partial charge in [-0.2, -0.15) is 0 Å². The minimum atomic E-state index is -0.428. The lowest BCUT2D eigenvalue weighted by atomic mass is 10.1. The maximum Gasteiger partial charge on any atom is 0.164 e. The molecule has 0 aromatic heterocycles. The normalized spacial score (nSPS) is 20.6. The van der Waals surface area contributed by atoms with Crippen molar-refractivity contribution < 1.29 is 80.9 Å². The Morgan fingerprint density at radius 3 is 1.02 bits per heavy atom.